The van der Waals surface area contributed by atoms with Crippen LogP contribution >= 0.6 is 0 Å². The van der Waals surface area contributed by atoms with E-state index >= 15 is 0 Å². The van der Waals surface area contributed by atoms with E-state index in [1.807, 2.05) is 0 Å². The van der Waals surface area contributed by atoms with Crippen LogP contribution in [0.3, 0.4) is 0 Å². The van der Waals surface area contributed by atoms with E-state index in [0.717, 1.165) is 11.2 Å². The Kier molecular flexibility index (Phi) is 5.31. The van der Waals surface area contributed by atoms with Gasteiger partial charge in [-0.05, 0) is 74.8 Å². The molecular weight excluding hydrogens is 556 g/mol. The maximum absolute atomic E-state index is 3.83. The minimum Gasteiger partial charge on any atom is -0.354 e. The second-order valence-electron chi connectivity index (χ2n) is 12.3. The molecule has 0 aliphatic rings. The number of aromatic nitrogens is 2. The highest BCUT2D eigenvalue weighted by molar-refractivity contribution is 6.26. The first-order valence-electron chi connectivity index (χ1n) is 15.9. The maximum atomic E-state index is 3.83. The molecule has 10 aromatic rings. The number of nitrogens with one attached hydrogen (secondary N) is 1. The summed E-state index contributed by atoms with van der Waals surface area (Å²) in [7, 11) is 0. The molecule has 46 heavy (non-hydrogen) atoms. The maximum Gasteiger partial charge on any atom is 0.0562 e. The molecule has 10 rings (SSSR count). The van der Waals surface area contributed by atoms with Crippen LogP contribution in [0.25, 0.3) is 93.1 Å². The van der Waals surface area contributed by atoms with Crippen LogP contribution in [0.4, 0.5) is 0 Å². The van der Waals surface area contributed by atoms with E-state index in [-0.39, 0.29) is 0 Å². The summed E-state index contributed by atoms with van der Waals surface area (Å²) in [5, 5.41) is 10.1. The molecule has 2 heteroatoms. The molecule has 0 unspecified atom stereocenters. The van der Waals surface area contributed by atoms with Gasteiger partial charge in [-0.1, -0.05) is 127 Å². The van der Waals surface area contributed by atoms with Crippen LogP contribution in [0.2, 0.25) is 0 Å². The molecule has 0 spiro atoms. The molecule has 0 bridgehead atoms. The summed E-state index contributed by atoms with van der Waals surface area (Å²) >= 11 is 0. The van der Waals surface area contributed by atoms with Crippen molar-refractivity contribution in [3.63, 3.8) is 0 Å². The Morgan fingerprint density at radius 3 is 1.70 bits per heavy atom. The first-order chi connectivity index (χ1) is 22.8. The highest BCUT2D eigenvalue weighted by Gasteiger charge is 2.19. The Morgan fingerprint density at radius 2 is 0.978 bits per heavy atom. The second-order valence-corrected chi connectivity index (χ2v) is 12.3. The summed E-state index contributed by atoms with van der Waals surface area (Å²) in [4.78, 5) is 3.83. The average molecular weight is 585 g/mol. The van der Waals surface area contributed by atoms with Crippen molar-refractivity contribution in [2.24, 2.45) is 0 Å². The van der Waals surface area contributed by atoms with E-state index in [0.29, 0.717) is 0 Å². The number of hydrogen-bond donors (Lipinski definition) is 1. The Bertz CT molecular complexity index is 2730. The molecule has 2 nitrogen and oxygen atoms in total. The van der Waals surface area contributed by atoms with Crippen molar-refractivity contribution >= 4 is 65.2 Å². The van der Waals surface area contributed by atoms with Crippen LogP contribution in [-0.2, 0) is 0 Å². The van der Waals surface area contributed by atoms with Gasteiger partial charge in [0.25, 0.3) is 0 Å². The molecule has 0 radical (unpaired) electrons. The molecule has 0 fully saturated rings. The van der Waals surface area contributed by atoms with Crippen LogP contribution in [0.5, 0.6) is 0 Å². The lowest BCUT2D eigenvalue weighted by Crippen LogP contribution is -1.96. The smallest absolute Gasteiger partial charge is 0.0562 e. The second kappa shape index (κ2) is 9.69. The van der Waals surface area contributed by atoms with Crippen molar-refractivity contribution < 1.29 is 0 Å². The predicted molar refractivity (Wildman–Crippen MR) is 196 cm³/mol. The van der Waals surface area contributed by atoms with Crippen LogP contribution in [-0.4, -0.2) is 9.55 Å². The molecule has 2 aromatic heterocycles. The standard InChI is InChI=1S/C44H28N2/c1-3-11-28(12-4-1)32-23-33(29-13-5-2-6-14-29)25-34(24-32)46-41-22-20-30-15-7-9-17-35(30)43(41)39-26-38-37-21-19-31-16-8-10-18-36(31)44(37)45-40(38)27-42(39)46/h1-27,45H. The fourth-order valence-electron chi connectivity index (χ4n) is 7.54. The largest absolute Gasteiger partial charge is 0.354 e. The van der Waals surface area contributed by atoms with Crippen LogP contribution in [0.1, 0.15) is 0 Å². The highest BCUT2D eigenvalue weighted by Crippen LogP contribution is 2.42. The topological polar surface area (TPSA) is 20.7 Å². The van der Waals surface area contributed by atoms with Crippen molar-refractivity contribution in [2.45, 2.75) is 0 Å². The number of nitrogens with zero attached hydrogens (tertiary/aromatic N) is 1. The Labute approximate surface area is 265 Å². The minimum absolute atomic E-state index is 1.15. The van der Waals surface area contributed by atoms with Gasteiger partial charge < -0.3 is 9.55 Å². The summed E-state index contributed by atoms with van der Waals surface area (Å²) in [6.45, 7) is 0. The van der Waals surface area contributed by atoms with Gasteiger partial charge in [-0.2, -0.15) is 0 Å². The lowest BCUT2D eigenvalue weighted by Gasteiger charge is -2.14. The lowest BCUT2D eigenvalue weighted by molar-refractivity contribution is 1.18. The van der Waals surface area contributed by atoms with Gasteiger partial charge in [0.05, 0.1) is 16.6 Å². The molecule has 0 saturated heterocycles. The van der Waals surface area contributed by atoms with E-state index in [1.54, 1.807) is 0 Å². The fourth-order valence-corrected chi connectivity index (χ4v) is 7.54. The fraction of sp³-hybridized carbons (Fsp3) is 0. The molecule has 0 atom stereocenters. The number of rotatable bonds is 3. The third-order valence-corrected chi connectivity index (χ3v) is 9.66. The van der Waals surface area contributed by atoms with E-state index in [2.05, 4.69) is 173 Å². The average Bonchev–Trinajstić information content (AvgIpc) is 3.66. The quantitative estimate of drug-likeness (QED) is 0.213. The van der Waals surface area contributed by atoms with Crippen molar-refractivity contribution in [1.82, 2.24) is 9.55 Å². The van der Waals surface area contributed by atoms with E-state index < -0.39 is 0 Å². The Morgan fingerprint density at radius 1 is 0.370 bits per heavy atom. The molecule has 0 saturated carbocycles. The molecule has 8 aromatic carbocycles. The summed E-state index contributed by atoms with van der Waals surface area (Å²) in [5.74, 6) is 0. The van der Waals surface area contributed by atoms with Gasteiger partial charge in [0.15, 0.2) is 0 Å². The Balaban J connectivity index is 1.36. The van der Waals surface area contributed by atoms with Crippen LogP contribution in [0.15, 0.2) is 164 Å². The number of aromatic amines is 1. The van der Waals surface area contributed by atoms with Gasteiger partial charge in [0, 0.05) is 38.1 Å². The zero-order valence-electron chi connectivity index (χ0n) is 25.0. The molecule has 214 valence electrons. The molecule has 0 amide bonds. The SMILES string of the molecule is c1ccc(-c2cc(-c3ccccc3)cc(-n3c4cc5[nH]c6c7ccccc7ccc6c5cc4c4c5ccccc5ccc43)c2)cc1. The zero-order valence-corrected chi connectivity index (χ0v) is 25.0. The van der Waals surface area contributed by atoms with Gasteiger partial charge >= 0.3 is 0 Å². The minimum atomic E-state index is 1.15. The predicted octanol–water partition coefficient (Wildman–Crippen LogP) is 12.1. The Hall–Kier alpha value is -6.12. The molecule has 0 aliphatic carbocycles. The summed E-state index contributed by atoms with van der Waals surface area (Å²) in [6, 6.07) is 59.7. The molecule has 0 aliphatic heterocycles. The molecule has 1 N–H and O–H groups in total. The summed E-state index contributed by atoms with van der Waals surface area (Å²) in [6.07, 6.45) is 0. The van der Waals surface area contributed by atoms with Crippen LogP contribution < -0.4 is 0 Å². The van der Waals surface area contributed by atoms with Gasteiger partial charge in [0.2, 0.25) is 0 Å². The highest BCUT2D eigenvalue weighted by atomic mass is 15.0. The number of fused-ring (bicyclic) bond motifs is 10. The number of H-pyrrole nitrogens is 1. The number of hydrogen-bond acceptors (Lipinski definition) is 0. The lowest BCUT2D eigenvalue weighted by atomic mass is 9.98. The van der Waals surface area contributed by atoms with E-state index in [4.69, 9.17) is 0 Å². The van der Waals surface area contributed by atoms with Crippen molar-refractivity contribution in [1.29, 1.82) is 0 Å². The third-order valence-electron chi connectivity index (χ3n) is 9.66. The van der Waals surface area contributed by atoms with Crippen LogP contribution in [0, 0.1) is 0 Å². The summed E-state index contributed by atoms with van der Waals surface area (Å²) < 4.78 is 2.47. The van der Waals surface area contributed by atoms with Crippen molar-refractivity contribution in [3.8, 4) is 27.9 Å². The summed E-state index contributed by atoms with van der Waals surface area (Å²) in [5.41, 5.74) is 10.7. The van der Waals surface area contributed by atoms with Gasteiger partial charge in [-0.25, -0.2) is 0 Å². The van der Waals surface area contributed by atoms with E-state index in [1.165, 1.54) is 81.9 Å². The molecule has 2 heterocycles. The third kappa shape index (κ3) is 3.71. The zero-order chi connectivity index (χ0) is 30.2. The normalized spacial score (nSPS) is 11.9. The van der Waals surface area contributed by atoms with Crippen molar-refractivity contribution in [2.75, 3.05) is 0 Å². The number of benzene rings is 8. The van der Waals surface area contributed by atoms with Gasteiger partial charge in [0.1, 0.15) is 0 Å². The van der Waals surface area contributed by atoms with Gasteiger partial charge in [-0.3, -0.25) is 0 Å². The first kappa shape index (κ1) is 25.2. The van der Waals surface area contributed by atoms with Gasteiger partial charge in [-0.15, -0.1) is 0 Å². The van der Waals surface area contributed by atoms with E-state index in [9.17, 15) is 0 Å². The first-order valence-corrected chi connectivity index (χ1v) is 15.9. The monoisotopic (exact) mass is 584 g/mol. The molecular formula is C44H28N2. The van der Waals surface area contributed by atoms with Crippen molar-refractivity contribution in [3.05, 3.63) is 164 Å².